The van der Waals surface area contributed by atoms with E-state index < -0.39 is 12.5 Å². The Morgan fingerprint density at radius 3 is 1.94 bits per heavy atom. The van der Waals surface area contributed by atoms with Gasteiger partial charge in [0.1, 0.15) is 0 Å². The average molecular weight is 247 g/mol. The Morgan fingerprint density at radius 1 is 0.833 bits per heavy atom. The van der Waals surface area contributed by atoms with Gasteiger partial charge in [-0.2, -0.15) is 0 Å². The summed E-state index contributed by atoms with van der Waals surface area (Å²) in [5, 5.41) is 2.77. The van der Waals surface area contributed by atoms with Crippen molar-refractivity contribution in [1.29, 1.82) is 0 Å². The molecule has 0 aliphatic rings. The molecule has 0 fully saturated rings. The second kappa shape index (κ2) is 5.63. The van der Waals surface area contributed by atoms with Crippen molar-refractivity contribution < 1.29 is 8.78 Å². The van der Waals surface area contributed by atoms with Gasteiger partial charge in [0.15, 0.2) is 0 Å². The summed E-state index contributed by atoms with van der Waals surface area (Å²) < 4.78 is 24.8. The molecule has 0 spiro atoms. The maximum absolute atomic E-state index is 12.4. The summed E-state index contributed by atoms with van der Waals surface area (Å²) in [6, 6.07) is 16.6. The zero-order chi connectivity index (χ0) is 13.0. The van der Waals surface area contributed by atoms with Crippen LogP contribution in [0.2, 0.25) is 0 Å². The number of rotatable bonds is 4. The van der Waals surface area contributed by atoms with Crippen molar-refractivity contribution in [3.8, 4) is 11.1 Å². The molecule has 1 N–H and O–H groups in total. The Morgan fingerprint density at radius 2 is 1.39 bits per heavy atom. The minimum absolute atomic E-state index is 0.711. The Balaban J connectivity index is 2.11. The summed E-state index contributed by atoms with van der Waals surface area (Å²) in [6.45, 7) is 1.47. The van der Waals surface area contributed by atoms with Crippen LogP contribution in [-0.4, -0.2) is 12.5 Å². The molecule has 0 aromatic heterocycles. The van der Waals surface area contributed by atoms with Crippen molar-refractivity contribution >= 4 is 5.69 Å². The Hall–Kier alpha value is -1.90. The van der Waals surface area contributed by atoms with Gasteiger partial charge >= 0.3 is 0 Å². The van der Waals surface area contributed by atoms with E-state index in [0.29, 0.717) is 5.69 Å². The van der Waals surface area contributed by atoms with Gasteiger partial charge in [0.25, 0.3) is 6.43 Å². The van der Waals surface area contributed by atoms with Gasteiger partial charge in [-0.1, -0.05) is 42.5 Å². The van der Waals surface area contributed by atoms with Crippen LogP contribution in [0, 0.1) is 0 Å². The molecule has 1 atom stereocenters. The van der Waals surface area contributed by atoms with Crippen LogP contribution in [0.1, 0.15) is 6.92 Å². The zero-order valence-electron chi connectivity index (χ0n) is 10.1. The third-order valence-electron chi connectivity index (χ3n) is 2.76. The average Bonchev–Trinajstić information content (AvgIpc) is 2.40. The summed E-state index contributed by atoms with van der Waals surface area (Å²) in [7, 11) is 0. The summed E-state index contributed by atoms with van der Waals surface area (Å²) >= 11 is 0. The van der Waals surface area contributed by atoms with Crippen molar-refractivity contribution in [3.63, 3.8) is 0 Å². The molecular formula is C15H15F2N. The molecule has 0 heterocycles. The third-order valence-corrected chi connectivity index (χ3v) is 2.76. The number of alkyl halides is 2. The predicted molar refractivity (Wildman–Crippen MR) is 71.0 cm³/mol. The highest BCUT2D eigenvalue weighted by Gasteiger charge is 2.13. The normalized spacial score (nSPS) is 12.4. The molecule has 2 aromatic rings. The van der Waals surface area contributed by atoms with E-state index in [1.165, 1.54) is 6.92 Å². The second-order valence-corrected chi connectivity index (χ2v) is 4.21. The molecular weight excluding hydrogens is 232 g/mol. The highest BCUT2D eigenvalue weighted by molar-refractivity contribution is 5.65. The summed E-state index contributed by atoms with van der Waals surface area (Å²) in [6.07, 6.45) is -2.36. The molecule has 94 valence electrons. The van der Waals surface area contributed by atoms with E-state index >= 15 is 0 Å². The maximum atomic E-state index is 12.4. The molecule has 2 aromatic carbocycles. The first-order valence-electron chi connectivity index (χ1n) is 5.87. The van der Waals surface area contributed by atoms with Crippen molar-refractivity contribution in [1.82, 2.24) is 0 Å². The first kappa shape index (κ1) is 12.6. The quantitative estimate of drug-likeness (QED) is 0.843. The molecule has 0 saturated heterocycles. The van der Waals surface area contributed by atoms with Crippen LogP contribution in [-0.2, 0) is 0 Å². The molecule has 2 rings (SSSR count). The molecule has 1 unspecified atom stereocenters. The molecule has 0 amide bonds. The van der Waals surface area contributed by atoms with Gasteiger partial charge in [-0.3, -0.25) is 0 Å². The smallest absolute Gasteiger partial charge is 0.258 e. The summed E-state index contributed by atoms with van der Waals surface area (Å²) in [5.41, 5.74) is 2.90. The zero-order valence-corrected chi connectivity index (χ0v) is 10.1. The van der Waals surface area contributed by atoms with Gasteiger partial charge in [-0.15, -0.1) is 0 Å². The fraction of sp³-hybridized carbons (Fsp3) is 0.200. The number of hydrogen-bond acceptors (Lipinski definition) is 1. The number of halogens is 2. The lowest BCUT2D eigenvalue weighted by atomic mass is 10.1. The molecule has 18 heavy (non-hydrogen) atoms. The van der Waals surface area contributed by atoms with Crippen LogP contribution in [0.4, 0.5) is 14.5 Å². The maximum Gasteiger partial charge on any atom is 0.258 e. The van der Waals surface area contributed by atoms with E-state index in [-0.39, 0.29) is 0 Å². The standard InChI is InChI=1S/C15H15F2N/c1-11(15(16)17)18-14-9-7-13(8-10-14)12-5-3-2-4-6-12/h2-11,15,18H,1H3. The van der Waals surface area contributed by atoms with Gasteiger partial charge in [0.05, 0.1) is 6.04 Å². The van der Waals surface area contributed by atoms with Gasteiger partial charge < -0.3 is 5.32 Å². The molecule has 0 aliphatic carbocycles. The third kappa shape index (κ3) is 3.06. The minimum atomic E-state index is -2.36. The van der Waals surface area contributed by atoms with E-state index in [4.69, 9.17) is 0 Å². The van der Waals surface area contributed by atoms with Crippen LogP contribution in [0.25, 0.3) is 11.1 Å². The lowest BCUT2D eigenvalue weighted by Gasteiger charge is -2.14. The lowest BCUT2D eigenvalue weighted by molar-refractivity contribution is 0.131. The van der Waals surface area contributed by atoms with E-state index in [9.17, 15) is 8.78 Å². The number of anilines is 1. The van der Waals surface area contributed by atoms with Crippen molar-refractivity contribution in [2.75, 3.05) is 5.32 Å². The van der Waals surface area contributed by atoms with Crippen LogP contribution >= 0.6 is 0 Å². The number of benzene rings is 2. The van der Waals surface area contributed by atoms with Crippen LogP contribution in [0.5, 0.6) is 0 Å². The fourth-order valence-electron chi connectivity index (χ4n) is 1.72. The highest BCUT2D eigenvalue weighted by Crippen LogP contribution is 2.21. The monoisotopic (exact) mass is 247 g/mol. The SMILES string of the molecule is CC(Nc1ccc(-c2ccccc2)cc1)C(F)F. The topological polar surface area (TPSA) is 12.0 Å². The molecule has 0 aliphatic heterocycles. The van der Waals surface area contributed by atoms with Crippen molar-refractivity contribution in [2.45, 2.75) is 19.4 Å². The van der Waals surface area contributed by atoms with E-state index in [0.717, 1.165) is 11.1 Å². The first-order valence-corrected chi connectivity index (χ1v) is 5.87. The minimum Gasteiger partial charge on any atom is -0.377 e. The number of hydrogen-bond donors (Lipinski definition) is 1. The summed E-state index contributed by atoms with van der Waals surface area (Å²) in [5.74, 6) is 0. The van der Waals surface area contributed by atoms with Crippen LogP contribution in [0.3, 0.4) is 0 Å². The Labute approximate surface area is 105 Å². The van der Waals surface area contributed by atoms with E-state index in [2.05, 4.69) is 5.32 Å². The van der Waals surface area contributed by atoms with E-state index in [1.807, 2.05) is 54.6 Å². The second-order valence-electron chi connectivity index (χ2n) is 4.21. The lowest BCUT2D eigenvalue weighted by Crippen LogP contribution is -2.23. The highest BCUT2D eigenvalue weighted by atomic mass is 19.3. The van der Waals surface area contributed by atoms with Gasteiger partial charge in [-0.25, -0.2) is 8.78 Å². The summed E-state index contributed by atoms with van der Waals surface area (Å²) in [4.78, 5) is 0. The van der Waals surface area contributed by atoms with Crippen LogP contribution < -0.4 is 5.32 Å². The molecule has 3 heteroatoms. The van der Waals surface area contributed by atoms with Gasteiger partial charge in [-0.05, 0) is 30.2 Å². The number of nitrogens with one attached hydrogen (secondary N) is 1. The Bertz CT molecular complexity index is 480. The molecule has 0 saturated carbocycles. The Kier molecular flexibility index (Phi) is 3.92. The fourth-order valence-corrected chi connectivity index (χ4v) is 1.72. The van der Waals surface area contributed by atoms with E-state index in [1.54, 1.807) is 0 Å². The van der Waals surface area contributed by atoms with Gasteiger partial charge in [0, 0.05) is 5.69 Å². The first-order chi connectivity index (χ1) is 8.66. The molecule has 0 radical (unpaired) electrons. The largest absolute Gasteiger partial charge is 0.377 e. The molecule has 0 bridgehead atoms. The van der Waals surface area contributed by atoms with Gasteiger partial charge in [0.2, 0.25) is 0 Å². The predicted octanol–water partition coefficient (Wildman–Crippen LogP) is 4.42. The van der Waals surface area contributed by atoms with Crippen molar-refractivity contribution in [3.05, 3.63) is 54.6 Å². The molecule has 1 nitrogen and oxygen atoms in total. The van der Waals surface area contributed by atoms with Crippen molar-refractivity contribution in [2.24, 2.45) is 0 Å². The van der Waals surface area contributed by atoms with Crippen LogP contribution in [0.15, 0.2) is 54.6 Å².